The number of benzene rings is 3. The van der Waals surface area contributed by atoms with Gasteiger partial charge in [-0.3, -0.25) is 33.6 Å². The molecule has 67 heavy (non-hydrogen) atoms. The lowest BCUT2D eigenvalue weighted by molar-refractivity contribution is -0.151. The summed E-state index contributed by atoms with van der Waals surface area (Å²) in [5.74, 6) is 1.42. The topological polar surface area (TPSA) is 156 Å². The van der Waals surface area contributed by atoms with Gasteiger partial charge >= 0.3 is 11.9 Å². The zero-order valence-corrected chi connectivity index (χ0v) is 42.9. The van der Waals surface area contributed by atoms with Gasteiger partial charge in [0.15, 0.2) is 31.5 Å². The Morgan fingerprint density at radius 1 is 0.597 bits per heavy atom. The smallest absolute Gasteiger partial charge is 0.316 e. The summed E-state index contributed by atoms with van der Waals surface area (Å²) in [6.07, 6.45) is 13.7. The van der Waals surface area contributed by atoms with Crippen LogP contribution in [-0.4, -0.2) is 81.6 Å². The Bertz CT molecular complexity index is 2090. The monoisotopic (exact) mass is 954 g/mol. The maximum atomic E-state index is 12.2. The van der Waals surface area contributed by atoms with Crippen LogP contribution in [0.25, 0.3) is 0 Å². The molecular formula is C54H71O11PSi. The minimum Gasteiger partial charge on any atom is -0.469 e. The van der Waals surface area contributed by atoms with Gasteiger partial charge in [-0.15, -0.1) is 0 Å². The summed E-state index contributed by atoms with van der Waals surface area (Å²) in [5.41, 5.74) is 2.80. The van der Waals surface area contributed by atoms with E-state index in [1.165, 1.54) is 41.3 Å². The van der Waals surface area contributed by atoms with Gasteiger partial charge in [0.25, 0.3) is 0 Å². The van der Waals surface area contributed by atoms with Crippen molar-refractivity contribution in [2.45, 2.75) is 130 Å². The highest BCUT2D eigenvalue weighted by Gasteiger charge is 2.49. The van der Waals surface area contributed by atoms with Crippen LogP contribution in [0.15, 0.2) is 114 Å². The standard InChI is InChI=1S/C21H19OP.C8H18O2Si.C8H10O2.2C6H8O.C5H8O4/c1-18(22)17-23(19-11-5-2-6-12-19,20-13-7-3-8-14-20)21-15-9-4-10-16-21;1-5-9-8(6-7-8)10-11(2,3)4;9-6-3-7(10)5-8(4-6)1-2-8;2*1-5(7)4-6-2-3-6;1-8-4(6)3-5(7)9-2/h2-17H,1H3;5-7H2,1-4H3;1-5H2;2*4H,2-3H2,1H3;3H2,1-2H3. The van der Waals surface area contributed by atoms with E-state index < -0.39 is 27.1 Å². The van der Waals surface area contributed by atoms with Gasteiger partial charge in [-0.2, -0.15) is 0 Å². The summed E-state index contributed by atoms with van der Waals surface area (Å²) in [4.78, 5) is 74.9. The van der Waals surface area contributed by atoms with E-state index in [2.05, 4.69) is 65.5 Å². The number of allylic oxidation sites excluding steroid dienone is 4. The number of ketones is 5. The van der Waals surface area contributed by atoms with Gasteiger partial charge in [-0.25, -0.2) is 0 Å². The molecule has 13 heteroatoms. The molecule has 0 amide bonds. The third-order valence-electron chi connectivity index (χ3n) is 10.6. The average Bonchev–Trinajstić information content (AvgIpc) is 4.03. The number of rotatable bonds is 12. The first kappa shape index (κ1) is 56.2. The molecule has 11 nitrogen and oxygen atoms in total. The fraction of sp³-hybridized carbons (Fsp3) is 0.444. The van der Waals surface area contributed by atoms with Crippen molar-refractivity contribution in [3.63, 3.8) is 0 Å². The molecule has 3 aromatic rings. The van der Waals surface area contributed by atoms with E-state index in [0.717, 1.165) is 58.0 Å². The van der Waals surface area contributed by atoms with Gasteiger partial charge in [-0.1, -0.05) is 102 Å². The maximum absolute atomic E-state index is 12.2. The Labute approximate surface area is 399 Å². The fourth-order valence-corrected chi connectivity index (χ4v) is 12.4. The average molecular weight is 955 g/mol. The largest absolute Gasteiger partial charge is 0.469 e. The molecular weight excluding hydrogens is 884 g/mol. The van der Waals surface area contributed by atoms with Crippen LogP contribution in [0.2, 0.25) is 19.6 Å². The number of hydrogen-bond donors (Lipinski definition) is 0. The van der Waals surface area contributed by atoms with Gasteiger partial charge in [0.2, 0.25) is 0 Å². The molecule has 0 unspecified atom stereocenters. The predicted molar refractivity (Wildman–Crippen MR) is 270 cm³/mol. The first-order valence-corrected chi connectivity index (χ1v) is 28.3. The van der Waals surface area contributed by atoms with Gasteiger partial charge < -0.3 is 18.6 Å². The van der Waals surface area contributed by atoms with E-state index in [4.69, 9.17) is 9.16 Å². The van der Waals surface area contributed by atoms with Gasteiger partial charge in [0, 0.05) is 32.3 Å². The predicted octanol–water partition coefficient (Wildman–Crippen LogP) is 9.14. The van der Waals surface area contributed by atoms with E-state index in [9.17, 15) is 33.6 Å². The quantitative estimate of drug-likeness (QED) is 0.0426. The molecule has 0 heterocycles. The molecule has 3 aromatic carbocycles. The number of carbonyl (C=O) groups excluding carboxylic acids is 7. The second-order valence-electron chi connectivity index (χ2n) is 18.3. The van der Waals surface area contributed by atoms with E-state index in [1.54, 1.807) is 32.9 Å². The zero-order valence-electron chi connectivity index (χ0n) is 41.0. The SMILES string of the molecule is CC(=O)C=C1CC1.CC(=O)C=C1CC1.CC(=O)C=P(c1ccccc1)(c1ccccc1)c1ccccc1.CCOC1(O[Si](C)(C)C)CC1.COC(=O)CC(=O)OC.O=C1CC(=O)CC2(CC2)C1. The third-order valence-corrected chi connectivity index (χ3v) is 15.6. The molecule has 0 N–H and O–H groups in total. The van der Waals surface area contributed by atoms with Crippen molar-refractivity contribution in [3.8, 4) is 0 Å². The van der Waals surface area contributed by atoms with Crippen LogP contribution in [0.1, 0.15) is 105 Å². The van der Waals surface area contributed by atoms with Crippen molar-refractivity contribution in [1.29, 1.82) is 0 Å². The molecule has 5 aliphatic carbocycles. The Morgan fingerprint density at radius 3 is 1.21 bits per heavy atom. The minimum absolute atomic E-state index is 0.106. The van der Waals surface area contributed by atoms with Crippen LogP contribution >= 0.6 is 6.89 Å². The Hall–Kier alpha value is -5.13. The van der Waals surface area contributed by atoms with E-state index in [-0.39, 0.29) is 53.0 Å². The van der Waals surface area contributed by atoms with Crippen LogP contribution < -0.4 is 15.9 Å². The molecule has 0 aromatic heterocycles. The van der Waals surface area contributed by atoms with Gasteiger partial charge in [0.05, 0.1) is 20.6 Å². The molecule has 1 spiro atoms. The lowest BCUT2D eigenvalue weighted by atomic mass is 9.85. The number of esters is 2. The highest BCUT2D eigenvalue weighted by molar-refractivity contribution is 7.95. The Morgan fingerprint density at radius 2 is 0.970 bits per heavy atom. The zero-order chi connectivity index (χ0) is 49.7. The van der Waals surface area contributed by atoms with Crippen molar-refractivity contribution in [2.24, 2.45) is 5.41 Å². The molecule has 362 valence electrons. The minimum atomic E-state index is -2.08. The fourth-order valence-electron chi connectivity index (χ4n) is 7.18. The first-order valence-electron chi connectivity index (χ1n) is 23.0. The molecule has 0 atom stereocenters. The van der Waals surface area contributed by atoms with Crippen LogP contribution in [-0.2, 0) is 52.2 Å². The molecule has 0 radical (unpaired) electrons. The lowest BCUT2D eigenvalue weighted by Crippen LogP contribution is -2.34. The lowest BCUT2D eigenvalue weighted by Gasteiger charge is -2.28. The molecule has 0 saturated heterocycles. The second-order valence-corrected chi connectivity index (χ2v) is 26.0. The van der Waals surface area contributed by atoms with Crippen molar-refractivity contribution >= 4 is 77.8 Å². The summed E-state index contributed by atoms with van der Waals surface area (Å²) in [6.45, 7) is 12.1. The van der Waals surface area contributed by atoms with Crippen LogP contribution in [0.4, 0.5) is 0 Å². The van der Waals surface area contributed by atoms with E-state index in [1.807, 2.05) is 67.3 Å². The summed E-state index contributed by atoms with van der Waals surface area (Å²) in [6, 6.07) is 31.1. The van der Waals surface area contributed by atoms with Crippen molar-refractivity contribution in [2.75, 3.05) is 20.8 Å². The van der Waals surface area contributed by atoms with E-state index >= 15 is 0 Å². The van der Waals surface area contributed by atoms with Crippen molar-refractivity contribution in [3.05, 3.63) is 114 Å². The molecule has 5 fully saturated rings. The third kappa shape index (κ3) is 22.0. The second kappa shape index (κ2) is 27.0. The normalized spacial score (nSPS) is 16.3. The van der Waals surface area contributed by atoms with Gasteiger partial charge in [-0.05, 0) is 132 Å². The Kier molecular flexibility index (Phi) is 22.7. The summed E-state index contributed by atoms with van der Waals surface area (Å²) in [7, 11) is 1.03. The molecule has 5 aliphatic rings. The summed E-state index contributed by atoms with van der Waals surface area (Å²) >= 11 is 0. The van der Waals surface area contributed by atoms with Crippen LogP contribution in [0.3, 0.4) is 0 Å². The summed E-state index contributed by atoms with van der Waals surface area (Å²) < 4.78 is 19.8. The highest BCUT2D eigenvalue weighted by atomic mass is 31.2. The molecule has 0 aliphatic heterocycles. The summed E-state index contributed by atoms with van der Waals surface area (Å²) in [5, 5.41) is 3.60. The van der Waals surface area contributed by atoms with Crippen LogP contribution in [0, 0.1) is 5.41 Å². The number of Topliss-reactive ketones (excluding diaryl/α,β-unsaturated/α-hetero) is 3. The molecule has 0 bridgehead atoms. The number of carbonyl (C=O) groups is 7. The number of hydrogen-bond acceptors (Lipinski definition) is 11. The van der Waals surface area contributed by atoms with Crippen LogP contribution in [0.5, 0.6) is 0 Å². The van der Waals surface area contributed by atoms with Gasteiger partial charge in [0.1, 0.15) is 18.0 Å². The number of ether oxygens (including phenoxy) is 3. The van der Waals surface area contributed by atoms with E-state index in [0.29, 0.717) is 12.8 Å². The molecule has 5 saturated carbocycles. The Balaban J connectivity index is 0.000000229. The maximum Gasteiger partial charge on any atom is 0.316 e. The highest BCUT2D eigenvalue weighted by Crippen LogP contribution is 2.54. The van der Waals surface area contributed by atoms with Crippen molar-refractivity contribution in [1.82, 2.24) is 0 Å². The molecule has 8 rings (SSSR count). The van der Waals surface area contributed by atoms with Crippen molar-refractivity contribution < 1.29 is 52.2 Å². The number of methoxy groups -OCH3 is 2. The first-order chi connectivity index (χ1) is 31.7.